The maximum Gasteiger partial charge on any atom is 0.258 e. The van der Waals surface area contributed by atoms with E-state index in [4.69, 9.17) is 0 Å². The van der Waals surface area contributed by atoms with Gasteiger partial charge in [0.15, 0.2) is 0 Å². The van der Waals surface area contributed by atoms with Gasteiger partial charge in [-0.3, -0.25) is 14.8 Å². The fourth-order valence-corrected chi connectivity index (χ4v) is 4.62. The normalized spacial score (nSPS) is 18.1. The first-order chi connectivity index (χ1) is 16.7. The number of rotatable bonds is 9. The molecule has 1 aliphatic carbocycles. The molecule has 1 saturated carbocycles. The average Bonchev–Trinajstić information content (AvgIpc) is 2.76. The van der Waals surface area contributed by atoms with Gasteiger partial charge in [-0.1, -0.05) is 65.6 Å². The Morgan fingerprint density at radius 3 is 1.69 bits per heavy atom. The van der Waals surface area contributed by atoms with Crippen LogP contribution in [0.15, 0.2) is 28.4 Å². The van der Waals surface area contributed by atoms with Crippen molar-refractivity contribution in [1.82, 2.24) is 0 Å². The molecule has 2 rings (SSSR count). The van der Waals surface area contributed by atoms with Gasteiger partial charge in [-0.25, -0.2) is 9.59 Å². The van der Waals surface area contributed by atoms with E-state index >= 15 is 0 Å². The lowest BCUT2D eigenvalue weighted by molar-refractivity contribution is -0.121. The average molecular weight is 498 g/mol. The van der Waals surface area contributed by atoms with Crippen LogP contribution in [0.3, 0.4) is 0 Å². The number of carbonyl (C=O) groups excluding carboxylic acids is 3. The highest BCUT2D eigenvalue weighted by Gasteiger charge is 2.28. The predicted molar refractivity (Wildman–Crippen MR) is 145 cm³/mol. The molecule has 1 fully saturated rings. The van der Waals surface area contributed by atoms with E-state index in [0.717, 1.165) is 25.7 Å². The van der Waals surface area contributed by atoms with Crippen molar-refractivity contribution in [2.45, 2.75) is 81.1 Å². The second kappa shape index (κ2) is 12.3. The molecule has 0 heterocycles. The highest BCUT2D eigenvalue weighted by Crippen LogP contribution is 2.35. The van der Waals surface area contributed by atoms with Gasteiger partial charge in [0.25, 0.3) is 12.2 Å². The maximum atomic E-state index is 13.2. The molecular formula is C28H43N5O3. The molecule has 0 aliphatic heterocycles. The lowest BCUT2D eigenvalue weighted by atomic mass is 9.76. The minimum atomic E-state index is -0.166. The van der Waals surface area contributed by atoms with Gasteiger partial charge in [-0.15, -0.1) is 0 Å². The zero-order valence-electron chi connectivity index (χ0n) is 23.2. The van der Waals surface area contributed by atoms with E-state index in [0.29, 0.717) is 42.0 Å². The van der Waals surface area contributed by atoms with E-state index in [1.807, 2.05) is 47.6 Å². The van der Waals surface area contributed by atoms with Crippen LogP contribution in [-0.4, -0.2) is 31.2 Å². The summed E-state index contributed by atoms with van der Waals surface area (Å²) in [6, 6.07) is 5.41. The fraction of sp³-hybridized carbons (Fsp3) is 0.679. The summed E-state index contributed by atoms with van der Waals surface area (Å²) >= 11 is 0. The number of carbonyl (C=O) groups is 1. The fourth-order valence-electron chi connectivity index (χ4n) is 4.62. The SMILES string of the molecule is CC(C)C1CCC(C(=O)Nc2cc(N(CC(C)(C)C)N=C=O)cc(N(CC(C)(C)C)N=C=O)c2)CC1. The smallest absolute Gasteiger partial charge is 0.258 e. The van der Waals surface area contributed by atoms with Crippen LogP contribution in [0.25, 0.3) is 0 Å². The van der Waals surface area contributed by atoms with Crippen molar-refractivity contribution in [2.75, 3.05) is 28.4 Å². The van der Waals surface area contributed by atoms with Gasteiger partial charge in [0, 0.05) is 24.7 Å². The van der Waals surface area contributed by atoms with Crippen LogP contribution in [0.1, 0.15) is 81.1 Å². The molecule has 0 bridgehead atoms. The zero-order chi connectivity index (χ0) is 27.1. The van der Waals surface area contributed by atoms with Crippen molar-refractivity contribution in [3.05, 3.63) is 18.2 Å². The first-order valence-corrected chi connectivity index (χ1v) is 12.9. The quantitative estimate of drug-likeness (QED) is 0.246. The zero-order valence-corrected chi connectivity index (χ0v) is 23.2. The predicted octanol–water partition coefficient (Wildman–Crippen LogP) is 6.29. The standard InChI is InChI=1S/C28H43N5O3/c1-20(2)21-9-11-22(12-10-21)26(36)31-23-13-24(32(29-18-34)16-27(3,4)5)15-25(14-23)33(30-19-35)17-28(6,7)8/h13-15,20-22H,9-12,16-17H2,1-8H3,(H,31,36). The van der Waals surface area contributed by atoms with E-state index in [2.05, 4.69) is 29.4 Å². The van der Waals surface area contributed by atoms with E-state index in [1.165, 1.54) is 0 Å². The van der Waals surface area contributed by atoms with E-state index in [-0.39, 0.29) is 22.7 Å². The Bertz CT molecular complexity index is 931. The molecule has 198 valence electrons. The molecule has 36 heavy (non-hydrogen) atoms. The number of benzene rings is 1. The number of isocyanates is 2. The molecule has 0 aromatic heterocycles. The van der Waals surface area contributed by atoms with Gasteiger partial charge >= 0.3 is 0 Å². The van der Waals surface area contributed by atoms with Crippen LogP contribution in [0.4, 0.5) is 17.1 Å². The van der Waals surface area contributed by atoms with Crippen LogP contribution >= 0.6 is 0 Å². The number of nitrogens with zero attached hydrogens (tertiary/aromatic N) is 4. The van der Waals surface area contributed by atoms with Crippen molar-refractivity contribution in [1.29, 1.82) is 0 Å². The molecular weight excluding hydrogens is 454 g/mol. The number of hydrogen-bond donors (Lipinski definition) is 1. The van der Waals surface area contributed by atoms with Crippen molar-refractivity contribution in [2.24, 2.45) is 38.8 Å². The summed E-state index contributed by atoms with van der Waals surface area (Å²) in [5.74, 6) is 1.25. The number of anilines is 3. The van der Waals surface area contributed by atoms with Gasteiger partial charge in [0.05, 0.1) is 11.4 Å². The lowest BCUT2D eigenvalue weighted by Gasteiger charge is -2.31. The molecule has 0 atom stereocenters. The molecule has 0 saturated heterocycles. The Labute approximate surface area is 216 Å². The van der Waals surface area contributed by atoms with E-state index < -0.39 is 0 Å². The third kappa shape index (κ3) is 9.25. The van der Waals surface area contributed by atoms with Crippen molar-refractivity contribution in [3.8, 4) is 0 Å². The van der Waals surface area contributed by atoms with E-state index in [1.54, 1.807) is 34.3 Å². The topological polar surface area (TPSA) is 94.4 Å². The van der Waals surface area contributed by atoms with Gasteiger partial charge in [-0.2, -0.15) is 0 Å². The largest absolute Gasteiger partial charge is 0.326 e. The molecule has 0 spiro atoms. The highest BCUT2D eigenvalue weighted by atomic mass is 16.2. The molecule has 1 aromatic rings. The van der Waals surface area contributed by atoms with Crippen molar-refractivity contribution < 1.29 is 14.4 Å². The summed E-state index contributed by atoms with van der Waals surface area (Å²) in [6.45, 7) is 17.7. The maximum absolute atomic E-state index is 13.2. The monoisotopic (exact) mass is 497 g/mol. The first kappa shape index (κ1) is 29.3. The molecule has 0 unspecified atom stereocenters. The summed E-state index contributed by atoms with van der Waals surface area (Å²) in [4.78, 5) is 35.7. The Balaban J connectivity index is 2.45. The van der Waals surface area contributed by atoms with Crippen LogP contribution in [0, 0.1) is 28.6 Å². The minimum Gasteiger partial charge on any atom is -0.326 e. The Kier molecular flexibility index (Phi) is 10.0. The molecule has 1 aromatic carbocycles. The number of amides is 1. The molecule has 0 radical (unpaired) electrons. The van der Waals surface area contributed by atoms with Gasteiger partial charge in [0.2, 0.25) is 5.91 Å². The molecule has 8 nitrogen and oxygen atoms in total. The summed E-state index contributed by atoms with van der Waals surface area (Å²) < 4.78 is 0. The van der Waals surface area contributed by atoms with Crippen LogP contribution in [0.5, 0.6) is 0 Å². The summed E-state index contributed by atoms with van der Waals surface area (Å²) in [5, 5.41) is 14.1. The molecule has 1 aliphatic rings. The van der Waals surface area contributed by atoms with Crippen LogP contribution < -0.4 is 15.3 Å². The Hall–Kier alpha value is -2.95. The minimum absolute atomic E-state index is 0.0113. The van der Waals surface area contributed by atoms with Crippen molar-refractivity contribution in [3.63, 3.8) is 0 Å². The summed E-state index contributed by atoms with van der Waals surface area (Å²) in [7, 11) is 0. The van der Waals surface area contributed by atoms with E-state index in [9.17, 15) is 14.4 Å². The lowest BCUT2D eigenvalue weighted by Crippen LogP contribution is -2.31. The Morgan fingerprint density at radius 2 is 1.33 bits per heavy atom. The second-order valence-electron chi connectivity index (χ2n) is 12.7. The summed E-state index contributed by atoms with van der Waals surface area (Å²) in [6.07, 6.45) is 7.14. The second-order valence-corrected chi connectivity index (χ2v) is 12.7. The third-order valence-corrected chi connectivity index (χ3v) is 6.42. The summed E-state index contributed by atoms with van der Waals surface area (Å²) in [5.41, 5.74) is 1.44. The van der Waals surface area contributed by atoms with Gasteiger partial charge in [0.1, 0.15) is 0 Å². The number of hydrogen-bond acceptors (Lipinski definition) is 7. The first-order valence-electron chi connectivity index (χ1n) is 12.9. The van der Waals surface area contributed by atoms with Crippen LogP contribution in [-0.2, 0) is 14.4 Å². The van der Waals surface area contributed by atoms with Gasteiger partial charge in [-0.05, 0) is 66.5 Å². The molecule has 8 heteroatoms. The molecule has 1 amide bonds. The third-order valence-electron chi connectivity index (χ3n) is 6.42. The number of hydrazone groups is 2. The van der Waals surface area contributed by atoms with Crippen LogP contribution in [0.2, 0.25) is 0 Å². The molecule has 1 N–H and O–H groups in total. The Morgan fingerprint density at radius 1 is 0.889 bits per heavy atom. The highest BCUT2D eigenvalue weighted by molar-refractivity contribution is 5.94. The van der Waals surface area contributed by atoms with Gasteiger partial charge < -0.3 is 5.32 Å². The number of nitrogens with one attached hydrogen (secondary N) is 1. The van der Waals surface area contributed by atoms with Crippen molar-refractivity contribution >= 4 is 35.1 Å².